The maximum absolute atomic E-state index is 10.8. The van der Waals surface area contributed by atoms with E-state index < -0.39 is 0 Å². The van der Waals surface area contributed by atoms with Gasteiger partial charge in [-0.15, -0.1) is 11.6 Å². The molecule has 0 aromatic heterocycles. The highest BCUT2D eigenvalue weighted by molar-refractivity contribution is 6.17. The van der Waals surface area contributed by atoms with Gasteiger partial charge in [0.1, 0.15) is 0 Å². The van der Waals surface area contributed by atoms with Gasteiger partial charge >= 0.3 is 0 Å². The monoisotopic (exact) mass is 235 g/mol. The van der Waals surface area contributed by atoms with Crippen molar-refractivity contribution in [3.8, 4) is 0 Å². The van der Waals surface area contributed by atoms with Crippen molar-refractivity contribution in [2.75, 3.05) is 27.0 Å². The van der Waals surface area contributed by atoms with Gasteiger partial charge in [0, 0.05) is 12.8 Å². The van der Waals surface area contributed by atoms with Crippen LogP contribution in [0.2, 0.25) is 0 Å². The number of nitrogens with one attached hydrogen (secondary N) is 1. The van der Waals surface area contributed by atoms with Crippen LogP contribution in [0, 0.1) is 0 Å². The Labute approximate surface area is 98.7 Å². The predicted molar refractivity (Wildman–Crippen MR) is 66.8 cm³/mol. The number of hydrogen-bond acceptors (Lipinski definition) is 1. The number of rotatable bonds is 4. The first-order chi connectivity index (χ1) is 6.79. The van der Waals surface area contributed by atoms with Crippen molar-refractivity contribution in [2.45, 2.75) is 26.4 Å². The Morgan fingerprint density at radius 3 is 2.13 bits per heavy atom. The standard InChI is InChI=1S/C8H16N2O.C3H7Cl/c1-6-8(11)9-7(2)10(3,4)5;1-2-3-4/h6-7H,1H2,2-5H3;2-3H2,1H3/p+1. The quantitative estimate of drug-likeness (QED) is 0.343. The molecule has 0 radical (unpaired) electrons. The van der Waals surface area contributed by atoms with Crippen LogP contribution in [-0.4, -0.2) is 43.6 Å². The zero-order valence-corrected chi connectivity index (χ0v) is 11.3. The van der Waals surface area contributed by atoms with Gasteiger partial charge in [0.25, 0.3) is 0 Å². The fourth-order valence-corrected chi connectivity index (χ4v) is 0.458. The lowest BCUT2D eigenvalue weighted by Gasteiger charge is -2.31. The Morgan fingerprint density at radius 2 is 1.93 bits per heavy atom. The summed E-state index contributed by atoms with van der Waals surface area (Å²) in [5, 5.41) is 2.78. The highest BCUT2D eigenvalue weighted by atomic mass is 35.5. The maximum atomic E-state index is 10.8. The number of carbonyl (C=O) groups excluding carboxylic acids is 1. The Kier molecular flexibility index (Phi) is 9.84. The van der Waals surface area contributed by atoms with Gasteiger partial charge in [0.2, 0.25) is 5.91 Å². The second kappa shape index (κ2) is 8.74. The van der Waals surface area contributed by atoms with Crippen LogP contribution in [0.15, 0.2) is 12.7 Å². The number of hydrogen-bond donors (Lipinski definition) is 1. The molecule has 1 unspecified atom stereocenters. The molecule has 15 heavy (non-hydrogen) atoms. The number of quaternary nitrogens is 1. The van der Waals surface area contributed by atoms with Crippen LogP contribution in [-0.2, 0) is 4.79 Å². The average molecular weight is 236 g/mol. The summed E-state index contributed by atoms with van der Waals surface area (Å²) in [6.07, 6.45) is 2.48. The fraction of sp³-hybridized carbons (Fsp3) is 0.727. The van der Waals surface area contributed by atoms with Crippen LogP contribution in [0.4, 0.5) is 0 Å². The van der Waals surface area contributed by atoms with E-state index in [1.165, 1.54) is 6.08 Å². The molecular formula is C11H24ClN2O+. The number of halogens is 1. The molecule has 1 amide bonds. The lowest BCUT2D eigenvalue weighted by Crippen LogP contribution is -2.53. The third-order valence-corrected chi connectivity index (χ3v) is 2.27. The van der Waals surface area contributed by atoms with Crippen molar-refractivity contribution in [2.24, 2.45) is 0 Å². The molecule has 0 spiro atoms. The molecule has 0 saturated carbocycles. The van der Waals surface area contributed by atoms with Crippen LogP contribution >= 0.6 is 11.6 Å². The summed E-state index contributed by atoms with van der Waals surface area (Å²) in [4.78, 5) is 10.8. The zero-order valence-electron chi connectivity index (χ0n) is 10.5. The van der Waals surface area contributed by atoms with Gasteiger partial charge in [-0.2, -0.15) is 0 Å². The minimum absolute atomic E-state index is 0.112. The molecule has 0 aliphatic heterocycles. The van der Waals surface area contributed by atoms with E-state index in [1.54, 1.807) is 0 Å². The van der Waals surface area contributed by atoms with Crippen molar-refractivity contribution >= 4 is 17.5 Å². The van der Waals surface area contributed by atoms with E-state index in [0.29, 0.717) is 4.48 Å². The minimum atomic E-state index is -0.120. The van der Waals surface area contributed by atoms with Gasteiger partial charge in [-0.25, -0.2) is 0 Å². The van der Waals surface area contributed by atoms with Gasteiger partial charge < -0.3 is 9.80 Å². The number of amides is 1. The van der Waals surface area contributed by atoms with Crippen molar-refractivity contribution in [1.82, 2.24) is 5.32 Å². The van der Waals surface area contributed by atoms with Gasteiger partial charge in [0.15, 0.2) is 6.17 Å². The fourth-order valence-electron chi connectivity index (χ4n) is 0.458. The lowest BCUT2D eigenvalue weighted by molar-refractivity contribution is -0.896. The van der Waals surface area contributed by atoms with E-state index in [4.69, 9.17) is 11.6 Å². The molecule has 90 valence electrons. The highest BCUT2D eigenvalue weighted by Crippen LogP contribution is 1.97. The van der Waals surface area contributed by atoms with Crippen LogP contribution < -0.4 is 5.32 Å². The molecule has 0 fully saturated rings. The summed E-state index contributed by atoms with van der Waals surface area (Å²) in [5.41, 5.74) is 0. The lowest BCUT2D eigenvalue weighted by atomic mass is 10.4. The summed E-state index contributed by atoms with van der Waals surface area (Å²) in [7, 11) is 6.07. The Balaban J connectivity index is 0. The summed E-state index contributed by atoms with van der Waals surface area (Å²) in [5.74, 6) is 0.672. The summed E-state index contributed by atoms with van der Waals surface area (Å²) in [6.45, 7) is 7.39. The van der Waals surface area contributed by atoms with Gasteiger partial charge in [-0.05, 0) is 12.5 Å². The van der Waals surface area contributed by atoms with Gasteiger partial charge in [0.05, 0.1) is 21.1 Å². The topological polar surface area (TPSA) is 29.1 Å². The van der Waals surface area contributed by atoms with Crippen LogP contribution in [0.3, 0.4) is 0 Å². The molecule has 0 saturated heterocycles. The summed E-state index contributed by atoms with van der Waals surface area (Å²) < 4.78 is 0.708. The van der Waals surface area contributed by atoms with E-state index in [9.17, 15) is 4.79 Å². The van der Waals surface area contributed by atoms with Crippen molar-refractivity contribution in [1.29, 1.82) is 0 Å². The molecule has 0 aliphatic rings. The molecule has 1 atom stereocenters. The van der Waals surface area contributed by atoms with Gasteiger partial charge in [-0.1, -0.05) is 13.5 Å². The van der Waals surface area contributed by atoms with E-state index in [-0.39, 0.29) is 12.1 Å². The van der Waals surface area contributed by atoms with Crippen molar-refractivity contribution in [3.05, 3.63) is 12.7 Å². The van der Waals surface area contributed by atoms with E-state index >= 15 is 0 Å². The van der Waals surface area contributed by atoms with E-state index in [1.807, 2.05) is 35.0 Å². The Hall–Kier alpha value is -0.540. The van der Waals surface area contributed by atoms with Crippen molar-refractivity contribution in [3.63, 3.8) is 0 Å². The molecule has 0 aliphatic carbocycles. The SMILES string of the molecule is C=CC(=O)NC(C)[N+](C)(C)C.CCCCl. The molecule has 3 nitrogen and oxygen atoms in total. The van der Waals surface area contributed by atoms with Crippen LogP contribution in [0.1, 0.15) is 20.3 Å². The highest BCUT2D eigenvalue weighted by Gasteiger charge is 2.18. The summed E-state index contributed by atoms with van der Waals surface area (Å²) in [6, 6.07) is 0. The van der Waals surface area contributed by atoms with Gasteiger partial charge in [-0.3, -0.25) is 4.79 Å². The van der Waals surface area contributed by atoms with Crippen molar-refractivity contribution < 1.29 is 9.28 Å². The second-order valence-corrected chi connectivity index (χ2v) is 4.57. The first-order valence-electron chi connectivity index (χ1n) is 5.09. The Morgan fingerprint density at radius 1 is 1.53 bits per heavy atom. The molecular weight excluding hydrogens is 212 g/mol. The smallest absolute Gasteiger partial charge is 0.247 e. The number of alkyl halides is 1. The van der Waals surface area contributed by atoms with E-state index in [2.05, 4.69) is 11.9 Å². The summed E-state index contributed by atoms with van der Waals surface area (Å²) >= 11 is 5.19. The molecule has 0 bridgehead atoms. The maximum Gasteiger partial charge on any atom is 0.247 e. The molecule has 0 rings (SSSR count). The Bertz CT molecular complexity index is 186. The molecule has 1 N–H and O–H groups in total. The third-order valence-electron chi connectivity index (χ3n) is 1.89. The molecule has 4 heteroatoms. The minimum Gasteiger partial charge on any atom is -0.312 e. The zero-order chi connectivity index (χ0) is 12.5. The molecule has 0 aromatic carbocycles. The number of nitrogens with zero attached hydrogens (tertiary/aromatic N) is 1. The third kappa shape index (κ3) is 11.4. The normalized spacial score (nSPS) is 12.1. The average Bonchev–Trinajstić information content (AvgIpc) is 2.16. The van der Waals surface area contributed by atoms with Crippen LogP contribution in [0.25, 0.3) is 0 Å². The first kappa shape index (κ1) is 16.9. The van der Waals surface area contributed by atoms with E-state index in [0.717, 1.165) is 12.3 Å². The number of carbonyl (C=O) groups is 1. The van der Waals surface area contributed by atoms with Crippen LogP contribution in [0.5, 0.6) is 0 Å². The second-order valence-electron chi connectivity index (χ2n) is 4.19. The largest absolute Gasteiger partial charge is 0.312 e. The molecule has 0 aromatic rings. The molecule has 0 heterocycles. The predicted octanol–water partition coefficient (Wildman–Crippen LogP) is 1.98. The first-order valence-corrected chi connectivity index (χ1v) is 5.63.